The van der Waals surface area contributed by atoms with Gasteiger partial charge in [-0.1, -0.05) is 0 Å². The zero-order valence-corrected chi connectivity index (χ0v) is 19.5. The van der Waals surface area contributed by atoms with Crippen LogP contribution in [-0.4, -0.2) is 51.6 Å². The van der Waals surface area contributed by atoms with E-state index in [4.69, 9.17) is 5.14 Å². The summed E-state index contributed by atoms with van der Waals surface area (Å²) in [7, 11) is -4.01. The lowest BCUT2D eigenvalue weighted by atomic mass is 10.1. The smallest absolute Gasteiger partial charge is 0.367 e. The second-order valence-electron chi connectivity index (χ2n) is 8.36. The van der Waals surface area contributed by atoms with Crippen molar-refractivity contribution in [2.24, 2.45) is 11.1 Å². The Morgan fingerprint density at radius 1 is 1.25 bits per heavy atom. The van der Waals surface area contributed by atoms with Gasteiger partial charge in [0.25, 0.3) is 0 Å². The molecule has 2 atom stereocenters. The lowest BCUT2D eigenvalue weighted by Crippen LogP contribution is -2.22. The van der Waals surface area contributed by atoms with Gasteiger partial charge in [-0.15, -0.1) is 0 Å². The number of ketones is 1. The van der Waals surface area contributed by atoms with Gasteiger partial charge in [0.15, 0.2) is 0 Å². The molecule has 0 spiro atoms. The Kier molecular flexibility index (Phi) is 7.33. The van der Waals surface area contributed by atoms with Gasteiger partial charge in [0.1, 0.15) is 23.5 Å². The summed E-state index contributed by atoms with van der Waals surface area (Å²) in [6.45, 7) is -0.00865. The van der Waals surface area contributed by atoms with Gasteiger partial charge in [0.05, 0.1) is 18.7 Å². The van der Waals surface area contributed by atoms with E-state index >= 15 is 0 Å². The maximum absolute atomic E-state index is 13.1. The molecule has 15 heteroatoms. The SMILES string of the molecule is NS(=O)(=O)OCC1CCC(Nc2ncncc2C(=O)c2ccn(Cc3ccnc(C(F)(F)F)c3)n2)C1. The number of rotatable bonds is 9. The van der Waals surface area contributed by atoms with E-state index in [-0.39, 0.29) is 36.4 Å². The molecule has 3 heterocycles. The molecule has 0 aromatic carbocycles. The molecule has 36 heavy (non-hydrogen) atoms. The molecule has 0 aliphatic heterocycles. The van der Waals surface area contributed by atoms with Crippen molar-refractivity contribution >= 4 is 21.9 Å². The molecule has 11 nitrogen and oxygen atoms in total. The van der Waals surface area contributed by atoms with E-state index in [1.165, 1.54) is 35.5 Å². The minimum absolute atomic E-state index is 0.0132. The molecule has 3 N–H and O–H groups in total. The number of halogens is 3. The summed E-state index contributed by atoms with van der Waals surface area (Å²) in [5.41, 5.74) is -0.433. The van der Waals surface area contributed by atoms with Gasteiger partial charge in [-0.05, 0) is 48.9 Å². The van der Waals surface area contributed by atoms with E-state index in [9.17, 15) is 26.4 Å². The number of anilines is 1. The quantitative estimate of drug-likeness (QED) is 0.400. The number of aromatic nitrogens is 5. The van der Waals surface area contributed by atoms with Gasteiger partial charge >= 0.3 is 16.5 Å². The summed E-state index contributed by atoms with van der Waals surface area (Å²) in [6, 6.07) is 3.75. The third-order valence-electron chi connectivity index (χ3n) is 5.64. The molecule has 2 unspecified atom stereocenters. The molecule has 0 saturated heterocycles. The fraction of sp³-hybridized carbons (Fsp3) is 0.381. The molecular weight excluding hydrogens is 503 g/mol. The second kappa shape index (κ2) is 10.3. The van der Waals surface area contributed by atoms with Crippen molar-refractivity contribution in [3.8, 4) is 0 Å². The molecule has 0 radical (unpaired) electrons. The Bertz CT molecular complexity index is 1350. The molecule has 1 aliphatic carbocycles. The summed E-state index contributed by atoms with van der Waals surface area (Å²) in [4.78, 5) is 24.5. The first-order valence-corrected chi connectivity index (χ1v) is 12.3. The number of alkyl halides is 3. The van der Waals surface area contributed by atoms with Gasteiger partial charge in [-0.3, -0.25) is 18.6 Å². The number of carbonyl (C=O) groups excluding carboxylic acids is 1. The lowest BCUT2D eigenvalue weighted by Gasteiger charge is -2.15. The van der Waals surface area contributed by atoms with Crippen LogP contribution in [0.3, 0.4) is 0 Å². The summed E-state index contributed by atoms with van der Waals surface area (Å²) < 4.78 is 66.8. The highest BCUT2D eigenvalue weighted by molar-refractivity contribution is 7.84. The highest BCUT2D eigenvalue weighted by atomic mass is 32.2. The summed E-state index contributed by atoms with van der Waals surface area (Å²) >= 11 is 0. The molecule has 1 saturated carbocycles. The number of hydrogen-bond donors (Lipinski definition) is 2. The van der Waals surface area contributed by atoms with Gasteiger partial charge in [0.2, 0.25) is 5.78 Å². The van der Waals surface area contributed by atoms with Crippen molar-refractivity contribution in [2.75, 3.05) is 11.9 Å². The minimum atomic E-state index is -4.56. The van der Waals surface area contributed by atoms with E-state index in [1.54, 1.807) is 0 Å². The lowest BCUT2D eigenvalue weighted by molar-refractivity contribution is -0.141. The minimum Gasteiger partial charge on any atom is -0.367 e. The Balaban J connectivity index is 1.43. The van der Waals surface area contributed by atoms with Crippen molar-refractivity contribution < 1.29 is 30.6 Å². The van der Waals surface area contributed by atoms with E-state index in [1.807, 2.05) is 0 Å². The maximum Gasteiger partial charge on any atom is 0.433 e. The van der Waals surface area contributed by atoms with Crippen molar-refractivity contribution in [3.63, 3.8) is 0 Å². The van der Waals surface area contributed by atoms with Crippen LogP contribution in [0, 0.1) is 5.92 Å². The highest BCUT2D eigenvalue weighted by Gasteiger charge is 2.32. The molecule has 3 aromatic heterocycles. The van der Waals surface area contributed by atoms with E-state index < -0.39 is 28.0 Å². The highest BCUT2D eigenvalue weighted by Crippen LogP contribution is 2.30. The fourth-order valence-electron chi connectivity index (χ4n) is 3.98. The maximum atomic E-state index is 13.1. The third kappa shape index (κ3) is 6.61. The van der Waals surface area contributed by atoms with Gasteiger partial charge in [-0.2, -0.15) is 26.7 Å². The van der Waals surface area contributed by atoms with Crippen LogP contribution in [0.1, 0.15) is 46.6 Å². The average Bonchev–Trinajstić information content (AvgIpc) is 3.46. The number of nitrogens with two attached hydrogens (primary N) is 1. The number of nitrogens with one attached hydrogen (secondary N) is 1. The van der Waals surface area contributed by atoms with Gasteiger partial charge in [-0.25, -0.2) is 15.1 Å². The first kappa shape index (κ1) is 25.7. The summed E-state index contributed by atoms with van der Waals surface area (Å²) in [5.74, 6) is -0.190. The number of hydrogen-bond acceptors (Lipinski definition) is 9. The Morgan fingerprint density at radius 3 is 2.81 bits per heavy atom. The summed E-state index contributed by atoms with van der Waals surface area (Å²) in [5, 5.41) is 12.3. The third-order valence-corrected chi connectivity index (χ3v) is 6.10. The fourth-order valence-corrected chi connectivity index (χ4v) is 4.36. The Hall–Kier alpha value is -3.43. The van der Waals surface area contributed by atoms with Crippen molar-refractivity contribution in [3.05, 3.63) is 65.6 Å². The largest absolute Gasteiger partial charge is 0.433 e. The van der Waals surface area contributed by atoms with Crippen LogP contribution in [0.2, 0.25) is 0 Å². The molecule has 192 valence electrons. The first-order valence-electron chi connectivity index (χ1n) is 10.8. The van der Waals surface area contributed by atoms with Crippen LogP contribution in [0.15, 0.2) is 43.1 Å². The van der Waals surface area contributed by atoms with Crippen LogP contribution in [0.25, 0.3) is 0 Å². The summed E-state index contributed by atoms with van der Waals surface area (Å²) in [6.07, 6.45) is 2.64. The monoisotopic (exact) mass is 525 g/mol. The Labute approximate surface area is 204 Å². The number of carbonyl (C=O) groups is 1. The van der Waals surface area contributed by atoms with Crippen LogP contribution in [0.4, 0.5) is 19.0 Å². The first-order chi connectivity index (χ1) is 17.0. The Morgan fingerprint density at radius 2 is 2.06 bits per heavy atom. The predicted octanol–water partition coefficient (Wildman–Crippen LogP) is 2.17. The van der Waals surface area contributed by atoms with Crippen LogP contribution < -0.4 is 10.5 Å². The van der Waals surface area contributed by atoms with E-state index in [0.717, 1.165) is 12.3 Å². The molecule has 1 aliphatic rings. The van der Waals surface area contributed by atoms with Crippen LogP contribution in [0.5, 0.6) is 0 Å². The predicted molar refractivity (Wildman–Crippen MR) is 120 cm³/mol. The zero-order chi connectivity index (χ0) is 25.9. The molecular formula is C21H22F3N7O4S. The average molecular weight is 526 g/mol. The molecule has 4 rings (SSSR count). The van der Waals surface area contributed by atoms with E-state index in [2.05, 4.69) is 29.6 Å². The second-order valence-corrected chi connectivity index (χ2v) is 9.58. The standard InChI is InChI=1S/C21H22F3N7O4S/c22-21(23,24)18-8-13(3-5-27-18)10-31-6-4-17(30-31)19(32)16-9-26-12-28-20(16)29-15-2-1-14(7-15)11-35-36(25,33)34/h3-6,8-9,12,14-15H,1-2,7,10-11H2,(H2,25,33,34)(H,26,28,29). The van der Waals surface area contributed by atoms with Crippen molar-refractivity contribution in [2.45, 2.75) is 38.0 Å². The zero-order valence-electron chi connectivity index (χ0n) is 18.7. The van der Waals surface area contributed by atoms with Crippen LogP contribution >= 0.6 is 0 Å². The molecule has 1 fully saturated rings. The van der Waals surface area contributed by atoms with Crippen molar-refractivity contribution in [1.29, 1.82) is 0 Å². The van der Waals surface area contributed by atoms with Gasteiger partial charge in [0, 0.05) is 24.6 Å². The van der Waals surface area contributed by atoms with Crippen LogP contribution in [-0.2, 0) is 27.2 Å². The van der Waals surface area contributed by atoms with Gasteiger partial charge < -0.3 is 5.32 Å². The topological polar surface area (TPSA) is 155 Å². The molecule has 0 amide bonds. The van der Waals surface area contributed by atoms with E-state index in [0.29, 0.717) is 30.6 Å². The molecule has 3 aromatic rings. The normalized spacial score (nSPS) is 18.3. The number of nitrogens with zero attached hydrogens (tertiary/aromatic N) is 5. The molecule has 0 bridgehead atoms. The number of pyridine rings is 1. The van der Waals surface area contributed by atoms with Crippen molar-refractivity contribution in [1.82, 2.24) is 24.7 Å².